The van der Waals surface area contributed by atoms with E-state index in [0.717, 1.165) is 97.1 Å². The predicted octanol–water partition coefficient (Wildman–Crippen LogP) is 16.4. The van der Waals surface area contributed by atoms with Gasteiger partial charge in [-0.3, -0.25) is 0 Å². The van der Waals surface area contributed by atoms with Crippen LogP contribution in [0.15, 0.2) is 200 Å². The van der Waals surface area contributed by atoms with Crippen molar-refractivity contribution in [3.8, 4) is 22.3 Å². The van der Waals surface area contributed by atoms with Crippen LogP contribution in [0.1, 0.15) is 87.7 Å². The molecule has 370 valence electrons. The number of hydrogen-bond donors (Lipinski definition) is 0. The minimum atomic E-state index is 0.640. The van der Waals surface area contributed by atoms with Crippen LogP contribution in [0.5, 0.6) is 0 Å². The van der Waals surface area contributed by atoms with Gasteiger partial charge >= 0.3 is 0 Å². The molecule has 0 saturated heterocycles. The number of halogens is 1. The molecule has 0 fully saturated rings. The fraction of sp³-hybridized carbons (Fsp3) is 0.284. The van der Waals surface area contributed by atoms with Crippen LogP contribution in [-0.4, -0.2) is 26.4 Å². The summed E-state index contributed by atoms with van der Waals surface area (Å²) in [5.74, 6) is 0. The van der Waals surface area contributed by atoms with Gasteiger partial charge in [0.15, 0.2) is 0 Å². The first-order chi connectivity index (χ1) is 35.6. The Hall–Kier alpha value is -5.67. The standard InChI is InChI=1S/C67H71IO4/c68-67-34-32-53(33-35-67)26-13-27-62-46-65(63-42-58(28-14-36-69-49-54-18-5-1-6-19-54)40-59(43-63)29-15-37-70-50-55-20-7-2-8-21-55)48-66(47-62)64-44-60(30-16-38-71-51-56-22-9-3-10-23-56)41-61(45-64)31-17-39-72-52-57-24-11-4-12-25-57/h1-12,18-25,32-35,40-48H,13-17,26-31,36-39,49-52H2. The third kappa shape index (κ3) is 18.4. The van der Waals surface area contributed by atoms with Crippen LogP contribution in [0.4, 0.5) is 0 Å². The molecule has 0 aliphatic heterocycles. The van der Waals surface area contributed by atoms with Crippen LogP contribution >= 0.6 is 22.6 Å². The lowest BCUT2D eigenvalue weighted by Gasteiger charge is -2.16. The molecule has 0 N–H and O–H groups in total. The highest BCUT2D eigenvalue weighted by Crippen LogP contribution is 2.33. The molecule has 0 atom stereocenters. The fourth-order valence-electron chi connectivity index (χ4n) is 9.32. The monoisotopic (exact) mass is 1070 g/mol. The normalized spacial score (nSPS) is 11.3. The fourth-order valence-corrected chi connectivity index (χ4v) is 9.68. The van der Waals surface area contributed by atoms with Crippen molar-refractivity contribution in [2.75, 3.05) is 26.4 Å². The van der Waals surface area contributed by atoms with Crippen LogP contribution in [0.3, 0.4) is 0 Å². The van der Waals surface area contributed by atoms with Gasteiger partial charge in [-0.15, -0.1) is 0 Å². The van der Waals surface area contributed by atoms with Gasteiger partial charge in [0.05, 0.1) is 26.4 Å². The highest BCUT2D eigenvalue weighted by molar-refractivity contribution is 14.1. The van der Waals surface area contributed by atoms with Crippen molar-refractivity contribution in [3.63, 3.8) is 0 Å². The summed E-state index contributed by atoms with van der Waals surface area (Å²) in [4.78, 5) is 0. The summed E-state index contributed by atoms with van der Waals surface area (Å²) in [5, 5.41) is 0. The third-order valence-corrected chi connectivity index (χ3v) is 13.8. The summed E-state index contributed by atoms with van der Waals surface area (Å²) in [5.41, 5.74) is 18.1. The van der Waals surface area contributed by atoms with E-state index in [4.69, 9.17) is 18.9 Å². The molecule has 0 aliphatic carbocycles. The average molecular weight is 1070 g/mol. The first kappa shape index (κ1) is 52.6. The van der Waals surface area contributed by atoms with Gasteiger partial charge in [0, 0.05) is 30.0 Å². The van der Waals surface area contributed by atoms with Crippen LogP contribution < -0.4 is 0 Å². The number of aryl methyl sites for hydroxylation is 6. The number of hydrogen-bond acceptors (Lipinski definition) is 4. The van der Waals surface area contributed by atoms with Gasteiger partial charge in [0.1, 0.15) is 0 Å². The maximum Gasteiger partial charge on any atom is 0.0716 e. The Kier molecular flexibility index (Phi) is 21.8. The SMILES string of the molecule is Ic1ccc(CCCc2cc(-c3cc(CCCOCc4ccccc4)cc(CCCOCc4ccccc4)c3)cc(-c3cc(CCCOCc4ccccc4)cc(CCCOCc4ccccc4)c3)c2)cc1. The molecule has 0 unspecified atom stereocenters. The molecule has 0 amide bonds. The second-order valence-electron chi connectivity index (χ2n) is 19.0. The van der Waals surface area contributed by atoms with Gasteiger partial charge < -0.3 is 18.9 Å². The van der Waals surface area contributed by atoms with E-state index < -0.39 is 0 Å². The summed E-state index contributed by atoms with van der Waals surface area (Å²) in [7, 11) is 0. The smallest absolute Gasteiger partial charge is 0.0716 e. The molecule has 0 radical (unpaired) electrons. The van der Waals surface area contributed by atoms with E-state index >= 15 is 0 Å². The Balaban J connectivity index is 1.05. The molecule has 0 bridgehead atoms. The Morgan fingerprint density at radius 3 is 0.819 bits per heavy atom. The van der Waals surface area contributed by atoms with Crippen molar-refractivity contribution in [3.05, 3.63) is 259 Å². The van der Waals surface area contributed by atoms with Gasteiger partial charge in [-0.1, -0.05) is 182 Å². The lowest BCUT2D eigenvalue weighted by molar-refractivity contribution is 0.118. The number of rotatable bonds is 30. The number of ether oxygens (including phenoxy) is 4. The van der Waals surface area contributed by atoms with E-state index in [-0.39, 0.29) is 0 Å². The minimum absolute atomic E-state index is 0.640. The molecule has 0 heterocycles. The summed E-state index contributed by atoms with van der Waals surface area (Å²) >= 11 is 2.40. The summed E-state index contributed by atoms with van der Waals surface area (Å²) in [6.45, 7) is 5.45. The van der Waals surface area contributed by atoms with Crippen molar-refractivity contribution >= 4 is 22.6 Å². The van der Waals surface area contributed by atoms with E-state index in [1.807, 2.05) is 0 Å². The van der Waals surface area contributed by atoms with E-state index in [2.05, 4.69) is 223 Å². The van der Waals surface area contributed by atoms with Crippen molar-refractivity contribution in [1.82, 2.24) is 0 Å². The second-order valence-corrected chi connectivity index (χ2v) is 20.3. The van der Waals surface area contributed by atoms with Crippen LogP contribution in [0.25, 0.3) is 22.3 Å². The minimum Gasteiger partial charge on any atom is -0.377 e. The predicted molar refractivity (Wildman–Crippen MR) is 306 cm³/mol. The molecule has 0 saturated carbocycles. The average Bonchev–Trinajstić information content (AvgIpc) is 3.42. The molecule has 0 aromatic heterocycles. The van der Waals surface area contributed by atoms with Gasteiger partial charge in [-0.05, 0) is 189 Å². The van der Waals surface area contributed by atoms with Crippen molar-refractivity contribution in [2.24, 2.45) is 0 Å². The Labute approximate surface area is 443 Å². The zero-order valence-corrected chi connectivity index (χ0v) is 44.2. The lowest BCUT2D eigenvalue weighted by atomic mass is 9.90. The Bertz CT molecular complexity index is 2480. The van der Waals surface area contributed by atoms with E-state index in [1.165, 1.54) is 81.5 Å². The quantitative estimate of drug-likeness (QED) is 0.0332. The topological polar surface area (TPSA) is 36.9 Å². The first-order valence-electron chi connectivity index (χ1n) is 26.2. The summed E-state index contributed by atoms with van der Waals surface area (Å²) in [6.07, 6.45) is 10.8. The molecular weight excluding hydrogens is 996 g/mol. The zero-order chi connectivity index (χ0) is 49.3. The van der Waals surface area contributed by atoms with E-state index in [1.54, 1.807) is 0 Å². The maximum absolute atomic E-state index is 6.17. The van der Waals surface area contributed by atoms with Gasteiger partial charge in [-0.2, -0.15) is 0 Å². The second kappa shape index (κ2) is 29.7. The largest absolute Gasteiger partial charge is 0.377 e. The van der Waals surface area contributed by atoms with Crippen molar-refractivity contribution in [2.45, 2.75) is 97.1 Å². The molecule has 0 aliphatic rings. The lowest BCUT2D eigenvalue weighted by Crippen LogP contribution is -2.01. The van der Waals surface area contributed by atoms with Gasteiger partial charge in [-0.25, -0.2) is 0 Å². The van der Waals surface area contributed by atoms with Crippen LogP contribution in [0, 0.1) is 3.57 Å². The van der Waals surface area contributed by atoms with Crippen LogP contribution in [0.2, 0.25) is 0 Å². The van der Waals surface area contributed by atoms with Gasteiger partial charge in [0.25, 0.3) is 0 Å². The Morgan fingerprint density at radius 1 is 0.236 bits per heavy atom. The molecule has 8 aromatic rings. The van der Waals surface area contributed by atoms with Crippen LogP contribution in [-0.2, 0) is 83.9 Å². The molecular formula is C67H71IO4. The summed E-state index contributed by atoms with van der Waals surface area (Å²) in [6, 6.07) is 72.9. The first-order valence-corrected chi connectivity index (χ1v) is 27.3. The van der Waals surface area contributed by atoms with Crippen molar-refractivity contribution in [1.29, 1.82) is 0 Å². The van der Waals surface area contributed by atoms with E-state index in [0.29, 0.717) is 26.4 Å². The summed E-state index contributed by atoms with van der Waals surface area (Å²) < 4.78 is 25.9. The van der Waals surface area contributed by atoms with Crippen molar-refractivity contribution < 1.29 is 18.9 Å². The number of benzene rings is 8. The maximum atomic E-state index is 6.17. The highest BCUT2D eigenvalue weighted by Gasteiger charge is 2.12. The highest BCUT2D eigenvalue weighted by atomic mass is 127. The molecule has 8 aromatic carbocycles. The zero-order valence-electron chi connectivity index (χ0n) is 42.0. The molecule has 72 heavy (non-hydrogen) atoms. The molecule has 0 spiro atoms. The Morgan fingerprint density at radius 2 is 0.500 bits per heavy atom. The van der Waals surface area contributed by atoms with Gasteiger partial charge in [0.2, 0.25) is 0 Å². The molecule has 8 rings (SSSR count). The van der Waals surface area contributed by atoms with E-state index in [9.17, 15) is 0 Å². The third-order valence-electron chi connectivity index (χ3n) is 13.1. The molecule has 4 nitrogen and oxygen atoms in total. The molecule has 5 heteroatoms.